The van der Waals surface area contributed by atoms with Gasteiger partial charge in [0.2, 0.25) is 5.91 Å². The molecule has 1 unspecified atom stereocenters. The summed E-state index contributed by atoms with van der Waals surface area (Å²) in [4.78, 5) is 32.5. The number of rotatable bonds is 5. The second-order valence-corrected chi connectivity index (χ2v) is 7.98. The molecule has 1 saturated carbocycles. The van der Waals surface area contributed by atoms with Gasteiger partial charge in [0.05, 0.1) is 6.42 Å². The molecular weight excluding hydrogens is 372 g/mol. The first-order valence-electron chi connectivity index (χ1n) is 10.1. The number of nitrogens with zero attached hydrogens (tertiary/aromatic N) is 2. The third kappa shape index (κ3) is 3.51. The zero-order valence-corrected chi connectivity index (χ0v) is 16.9. The number of aromatic amines is 1. The summed E-state index contributed by atoms with van der Waals surface area (Å²) in [7, 11) is 0. The molecule has 28 heavy (non-hydrogen) atoms. The average Bonchev–Trinajstić information content (AvgIpc) is 3.24. The fourth-order valence-electron chi connectivity index (χ4n) is 4.43. The molecular formula is C21H26N4O2S. The molecule has 2 amide bonds. The quantitative estimate of drug-likeness (QED) is 0.755. The summed E-state index contributed by atoms with van der Waals surface area (Å²) in [5.74, 6) is -0.209. The molecule has 0 bridgehead atoms. The van der Waals surface area contributed by atoms with Crippen LogP contribution in [-0.2, 0) is 9.59 Å². The topological polar surface area (TPSA) is 68.4 Å². The number of carbonyl (C=O) groups is 2. The van der Waals surface area contributed by atoms with E-state index in [2.05, 4.69) is 10.3 Å². The molecule has 1 aromatic heterocycles. The molecule has 1 atom stereocenters. The van der Waals surface area contributed by atoms with Gasteiger partial charge in [-0.1, -0.05) is 25.3 Å². The lowest BCUT2D eigenvalue weighted by atomic mass is 9.93. The van der Waals surface area contributed by atoms with Crippen LogP contribution >= 0.6 is 12.2 Å². The number of likely N-dealkylation sites (N-methyl/N-ethyl adjacent to an activating group) is 1. The van der Waals surface area contributed by atoms with E-state index in [1.54, 1.807) is 4.90 Å². The van der Waals surface area contributed by atoms with Crippen LogP contribution in [0.3, 0.4) is 0 Å². The number of aromatic nitrogens is 1. The normalized spacial score (nSPS) is 21.0. The van der Waals surface area contributed by atoms with E-state index in [0.717, 1.165) is 42.3 Å². The van der Waals surface area contributed by atoms with Gasteiger partial charge < -0.3 is 15.2 Å². The number of hydrogen-bond donors (Lipinski definition) is 2. The molecule has 148 valence electrons. The minimum absolute atomic E-state index is 0.0481. The van der Waals surface area contributed by atoms with Crippen LogP contribution in [0.15, 0.2) is 30.5 Å². The predicted octanol–water partition coefficient (Wildman–Crippen LogP) is 3.65. The van der Waals surface area contributed by atoms with Gasteiger partial charge in [-0.2, -0.15) is 0 Å². The van der Waals surface area contributed by atoms with Crippen molar-refractivity contribution < 1.29 is 9.59 Å². The van der Waals surface area contributed by atoms with Crippen LogP contribution in [-0.4, -0.2) is 50.3 Å². The number of benzene rings is 1. The van der Waals surface area contributed by atoms with Gasteiger partial charge in [-0.05, 0) is 55.6 Å². The Kier molecular flexibility index (Phi) is 5.35. The van der Waals surface area contributed by atoms with Crippen molar-refractivity contribution in [2.75, 3.05) is 11.9 Å². The number of anilines is 1. The standard InChI is InChI=1S/C21H26N4O2S/c1-2-24-20(27)18(25(21(24)28)16-6-4-3-5-7-16)13-19(26)23-15-9-8-14-10-11-22-17(14)12-15/h8-12,16,18,22H,2-7,13H2,1H3,(H,23,26). The van der Waals surface area contributed by atoms with Crippen LogP contribution in [0.5, 0.6) is 0 Å². The Balaban J connectivity index is 1.50. The minimum atomic E-state index is -0.496. The van der Waals surface area contributed by atoms with Gasteiger partial charge in [0.25, 0.3) is 5.91 Å². The maximum absolute atomic E-state index is 12.9. The fourth-order valence-corrected chi connectivity index (χ4v) is 4.92. The van der Waals surface area contributed by atoms with Gasteiger partial charge in [0, 0.05) is 30.0 Å². The van der Waals surface area contributed by atoms with Gasteiger partial charge >= 0.3 is 0 Å². The number of amides is 2. The number of thiocarbonyl (C=S) groups is 1. The molecule has 2 aliphatic rings. The molecule has 1 saturated heterocycles. The van der Waals surface area contributed by atoms with E-state index in [1.165, 1.54) is 6.42 Å². The lowest BCUT2D eigenvalue weighted by Crippen LogP contribution is -2.45. The van der Waals surface area contributed by atoms with Gasteiger partial charge in [-0.15, -0.1) is 0 Å². The average molecular weight is 399 g/mol. The number of nitrogens with one attached hydrogen (secondary N) is 2. The molecule has 1 aliphatic carbocycles. The second kappa shape index (κ2) is 7.91. The van der Waals surface area contributed by atoms with E-state index in [0.29, 0.717) is 11.7 Å². The number of carbonyl (C=O) groups excluding carboxylic acids is 2. The van der Waals surface area contributed by atoms with Crippen molar-refractivity contribution in [2.24, 2.45) is 0 Å². The highest BCUT2D eigenvalue weighted by Gasteiger charge is 2.45. The van der Waals surface area contributed by atoms with E-state index in [-0.39, 0.29) is 24.3 Å². The molecule has 0 spiro atoms. The van der Waals surface area contributed by atoms with E-state index < -0.39 is 6.04 Å². The van der Waals surface area contributed by atoms with Gasteiger partial charge in [-0.3, -0.25) is 14.5 Å². The molecule has 6 nitrogen and oxygen atoms in total. The Morgan fingerprint density at radius 2 is 2.04 bits per heavy atom. The zero-order valence-electron chi connectivity index (χ0n) is 16.1. The fraction of sp³-hybridized carbons (Fsp3) is 0.476. The van der Waals surface area contributed by atoms with Gasteiger partial charge in [-0.25, -0.2) is 0 Å². The summed E-state index contributed by atoms with van der Waals surface area (Å²) in [5.41, 5.74) is 1.70. The molecule has 2 aromatic rings. The minimum Gasteiger partial charge on any atom is -0.361 e. The lowest BCUT2D eigenvalue weighted by molar-refractivity contribution is -0.131. The first kappa shape index (κ1) is 18.9. The maximum Gasteiger partial charge on any atom is 0.252 e. The van der Waals surface area contributed by atoms with E-state index >= 15 is 0 Å². The Labute approximate surface area is 170 Å². The van der Waals surface area contributed by atoms with E-state index in [4.69, 9.17) is 12.2 Å². The summed E-state index contributed by atoms with van der Waals surface area (Å²) in [6.45, 7) is 2.47. The first-order valence-corrected chi connectivity index (χ1v) is 10.5. The maximum atomic E-state index is 12.9. The summed E-state index contributed by atoms with van der Waals surface area (Å²) in [6, 6.07) is 7.50. The highest BCUT2D eigenvalue weighted by molar-refractivity contribution is 7.80. The van der Waals surface area contributed by atoms with Crippen molar-refractivity contribution in [1.29, 1.82) is 0 Å². The molecule has 4 rings (SSSR count). The van der Waals surface area contributed by atoms with Crippen LogP contribution in [0.2, 0.25) is 0 Å². The van der Waals surface area contributed by atoms with Crippen LogP contribution in [0.1, 0.15) is 45.4 Å². The smallest absolute Gasteiger partial charge is 0.252 e. The number of hydrogen-bond acceptors (Lipinski definition) is 3. The van der Waals surface area contributed by atoms with Crippen molar-refractivity contribution >= 4 is 45.7 Å². The Morgan fingerprint density at radius 1 is 1.25 bits per heavy atom. The summed E-state index contributed by atoms with van der Waals surface area (Å²) >= 11 is 5.62. The third-order valence-corrected chi connectivity index (χ3v) is 6.27. The van der Waals surface area contributed by atoms with E-state index in [9.17, 15) is 9.59 Å². The largest absolute Gasteiger partial charge is 0.361 e. The van der Waals surface area contributed by atoms with Gasteiger partial charge in [0.1, 0.15) is 6.04 Å². The summed E-state index contributed by atoms with van der Waals surface area (Å²) in [6.07, 6.45) is 7.59. The van der Waals surface area contributed by atoms with Crippen molar-refractivity contribution in [3.8, 4) is 0 Å². The predicted molar refractivity (Wildman–Crippen MR) is 114 cm³/mol. The molecule has 0 radical (unpaired) electrons. The SMILES string of the molecule is CCN1C(=O)C(CC(=O)Nc2ccc3cc[nH]c3c2)N(C2CCCCC2)C1=S. The highest BCUT2D eigenvalue weighted by atomic mass is 32.1. The molecule has 2 heterocycles. The summed E-state index contributed by atoms with van der Waals surface area (Å²) in [5, 5.41) is 4.62. The molecule has 2 fully saturated rings. The molecule has 2 N–H and O–H groups in total. The monoisotopic (exact) mass is 398 g/mol. The molecule has 1 aromatic carbocycles. The van der Waals surface area contributed by atoms with Crippen LogP contribution in [0.4, 0.5) is 5.69 Å². The molecule has 7 heteroatoms. The highest BCUT2D eigenvalue weighted by Crippen LogP contribution is 2.31. The first-order chi connectivity index (χ1) is 13.6. The number of H-pyrrole nitrogens is 1. The van der Waals surface area contributed by atoms with Crippen LogP contribution in [0, 0.1) is 0 Å². The Bertz CT molecular complexity index is 903. The van der Waals surface area contributed by atoms with Crippen molar-refractivity contribution in [3.05, 3.63) is 30.5 Å². The van der Waals surface area contributed by atoms with Crippen molar-refractivity contribution in [1.82, 2.24) is 14.8 Å². The Hall–Kier alpha value is -2.41. The summed E-state index contributed by atoms with van der Waals surface area (Å²) < 4.78 is 0. The zero-order chi connectivity index (χ0) is 19.7. The van der Waals surface area contributed by atoms with Gasteiger partial charge in [0.15, 0.2) is 5.11 Å². The van der Waals surface area contributed by atoms with Crippen molar-refractivity contribution in [2.45, 2.75) is 57.5 Å². The lowest BCUT2D eigenvalue weighted by Gasteiger charge is -2.35. The number of fused-ring (bicyclic) bond motifs is 1. The molecule has 1 aliphatic heterocycles. The van der Waals surface area contributed by atoms with E-state index in [1.807, 2.05) is 42.3 Å². The second-order valence-electron chi connectivity index (χ2n) is 7.61. The van der Waals surface area contributed by atoms with Crippen molar-refractivity contribution in [3.63, 3.8) is 0 Å². The van der Waals surface area contributed by atoms with Crippen LogP contribution in [0.25, 0.3) is 10.9 Å². The third-order valence-electron chi connectivity index (χ3n) is 5.84. The van der Waals surface area contributed by atoms with Crippen LogP contribution < -0.4 is 5.32 Å². The Morgan fingerprint density at radius 3 is 2.79 bits per heavy atom.